The third-order valence-electron chi connectivity index (χ3n) is 2.63. The number of primary sulfonamides is 1. The van der Waals surface area contributed by atoms with Gasteiger partial charge >= 0.3 is 5.97 Å². The minimum Gasteiger partial charge on any atom is -0.457 e. The molecule has 0 heterocycles. The number of ether oxygens (including phenoxy) is 2. The molecule has 1 aromatic carbocycles. The van der Waals surface area contributed by atoms with E-state index in [-0.39, 0.29) is 17.7 Å². The van der Waals surface area contributed by atoms with Gasteiger partial charge in [0.05, 0.1) is 12.2 Å². The minimum atomic E-state index is -4.26. The number of esters is 1. The van der Waals surface area contributed by atoms with Crippen LogP contribution in [0.25, 0.3) is 0 Å². The first-order valence-electron chi connectivity index (χ1n) is 6.28. The first kappa shape index (κ1) is 17.5. The lowest BCUT2D eigenvalue weighted by molar-refractivity contribution is 0.00436. The van der Waals surface area contributed by atoms with Crippen molar-refractivity contribution in [2.24, 2.45) is 5.14 Å². The normalized spacial score (nSPS) is 13.0. The molecule has 1 aromatic rings. The summed E-state index contributed by atoms with van der Waals surface area (Å²) in [4.78, 5) is 11.2. The highest BCUT2D eigenvalue weighted by atomic mass is 32.2. The predicted molar refractivity (Wildman–Crippen MR) is 73.9 cm³/mol. The molecular formula is C13H18FNO5S. The van der Waals surface area contributed by atoms with Crippen LogP contribution in [0.4, 0.5) is 4.39 Å². The van der Waals surface area contributed by atoms with Gasteiger partial charge in [-0.1, -0.05) is 0 Å². The van der Waals surface area contributed by atoms with Crippen molar-refractivity contribution in [2.75, 3.05) is 13.2 Å². The number of hydrogen-bond acceptors (Lipinski definition) is 5. The van der Waals surface area contributed by atoms with Gasteiger partial charge in [0, 0.05) is 6.61 Å². The molecule has 1 atom stereocenters. The van der Waals surface area contributed by atoms with Crippen molar-refractivity contribution < 1.29 is 27.1 Å². The molecule has 0 aliphatic heterocycles. The van der Waals surface area contributed by atoms with Gasteiger partial charge in [-0.15, -0.1) is 0 Å². The fourth-order valence-corrected chi connectivity index (χ4v) is 2.33. The summed E-state index contributed by atoms with van der Waals surface area (Å²) in [7, 11) is -4.26. The van der Waals surface area contributed by atoms with Gasteiger partial charge in [-0.2, -0.15) is 0 Å². The summed E-state index contributed by atoms with van der Waals surface area (Å²) < 4.78 is 46.5. The molecule has 0 aliphatic carbocycles. The molecule has 0 amide bonds. The van der Waals surface area contributed by atoms with Crippen LogP contribution in [0, 0.1) is 12.7 Å². The molecule has 6 nitrogen and oxygen atoms in total. The number of carbonyl (C=O) groups is 1. The highest BCUT2D eigenvalue weighted by Crippen LogP contribution is 2.20. The molecule has 2 N–H and O–H groups in total. The van der Waals surface area contributed by atoms with E-state index in [1.54, 1.807) is 13.8 Å². The number of hydrogen-bond donors (Lipinski definition) is 1. The van der Waals surface area contributed by atoms with E-state index in [2.05, 4.69) is 0 Å². The smallest absolute Gasteiger partial charge is 0.338 e. The summed E-state index contributed by atoms with van der Waals surface area (Å²) in [5.74, 6) is -1.74. The maximum absolute atomic E-state index is 13.7. The molecule has 0 bridgehead atoms. The highest BCUT2D eigenvalue weighted by molar-refractivity contribution is 7.89. The molecule has 0 saturated carbocycles. The fraction of sp³-hybridized carbons (Fsp3) is 0.462. The molecule has 118 valence electrons. The molecule has 21 heavy (non-hydrogen) atoms. The van der Waals surface area contributed by atoms with Crippen LogP contribution in [-0.2, 0) is 19.5 Å². The van der Waals surface area contributed by atoms with Gasteiger partial charge in [0.2, 0.25) is 10.0 Å². The standard InChI is InChI=1S/C13H18FNO5S/c1-4-19-7-9(3)20-13(16)10-5-8(2)12(14)11(6-10)21(15,17)18/h5-6,9H,4,7H2,1-3H3,(H2,15,17,18). The Balaban J connectivity index is 3.04. The fourth-order valence-electron chi connectivity index (χ4n) is 1.63. The minimum absolute atomic E-state index is 0.00839. The monoisotopic (exact) mass is 319 g/mol. The first-order chi connectivity index (χ1) is 9.66. The molecule has 0 aliphatic rings. The Labute approximate surface area is 123 Å². The number of carbonyl (C=O) groups excluding carboxylic acids is 1. The zero-order valence-electron chi connectivity index (χ0n) is 12.1. The van der Waals surface area contributed by atoms with Crippen molar-refractivity contribution in [1.29, 1.82) is 0 Å². The van der Waals surface area contributed by atoms with Crippen LogP contribution in [0.15, 0.2) is 17.0 Å². The quantitative estimate of drug-likeness (QED) is 0.799. The largest absolute Gasteiger partial charge is 0.457 e. The summed E-state index contributed by atoms with van der Waals surface area (Å²) in [6.07, 6.45) is -0.513. The molecule has 0 aromatic heterocycles. The van der Waals surface area contributed by atoms with Crippen molar-refractivity contribution >= 4 is 16.0 Å². The summed E-state index contributed by atoms with van der Waals surface area (Å²) >= 11 is 0. The van der Waals surface area contributed by atoms with Crippen LogP contribution in [-0.4, -0.2) is 33.7 Å². The van der Waals surface area contributed by atoms with Gasteiger partial charge in [0.1, 0.15) is 16.8 Å². The topological polar surface area (TPSA) is 95.7 Å². The Morgan fingerprint density at radius 2 is 2.05 bits per heavy atom. The zero-order chi connectivity index (χ0) is 16.2. The van der Waals surface area contributed by atoms with E-state index in [4.69, 9.17) is 14.6 Å². The third kappa shape index (κ3) is 4.76. The van der Waals surface area contributed by atoms with Crippen LogP contribution in [0.1, 0.15) is 29.8 Å². The number of benzene rings is 1. The SMILES string of the molecule is CCOCC(C)OC(=O)c1cc(C)c(F)c(S(N)(=O)=O)c1. The van der Waals surface area contributed by atoms with Gasteiger partial charge in [-0.05, 0) is 38.5 Å². The lowest BCUT2D eigenvalue weighted by Crippen LogP contribution is -2.21. The molecule has 1 rings (SSSR count). The second-order valence-corrected chi connectivity index (χ2v) is 6.06. The van der Waals surface area contributed by atoms with E-state index in [0.717, 1.165) is 6.07 Å². The maximum atomic E-state index is 13.7. The van der Waals surface area contributed by atoms with Crippen LogP contribution >= 0.6 is 0 Å². The van der Waals surface area contributed by atoms with Crippen LogP contribution in [0.3, 0.4) is 0 Å². The lowest BCUT2D eigenvalue weighted by Gasteiger charge is -2.14. The van der Waals surface area contributed by atoms with Gasteiger partial charge in [-0.25, -0.2) is 22.7 Å². The van der Waals surface area contributed by atoms with Crippen LogP contribution in [0.2, 0.25) is 0 Å². The molecule has 0 fully saturated rings. The Morgan fingerprint density at radius 1 is 1.43 bits per heavy atom. The Morgan fingerprint density at radius 3 is 2.57 bits per heavy atom. The molecule has 0 radical (unpaired) electrons. The average molecular weight is 319 g/mol. The van der Waals surface area contributed by atoms with Gasteiger partial charge in [0.15, 0.2) is 0 Å². The Hall–Kier alpha value is -1.51. The second kappa shape index (κ2) is 6.97. The van der Waals surface area contributed by atoms with E-state index in [1.165, 1.54) is 13.0 Å². The zero-order valence-corrected chi connectivity index (χ0v) is 12.9. The van der Waals surface area contributed by atoms with Crippen LogP contribution < -0.4 is 5.14 Å². The van der Waals surface area contributed by atoms with Gasteiger partial charge in [0.25, 0.3) is 0 Å². The van der Waals surface area contributed by atoms with E-state index in [9.17, 15) is 17.6 Å². The predicted octanol–water partition coefficient (Wildman–Crippen LogP) is 1.36. The molecule has 8 heteroatoms. The summed E-state index contributed by atoms with van der Waals surface area (Å²) in [6, 6.07) is 2.08. The Bertz CT molecular complexity index is 630. The molecule has 0 spiro atoms. The van der Waals surface area contributed by atoms with Crippen molar-refractivity contribution in [3.63, 3.8) is 0 Å². The maximum Gasteiger partial charge on any atom is 0.338 e. The number of nitrogens with two attached hydrogens (primary N) is 1. The van der Waals surface area contributed by atoms with E-state index >= 15 is 0 Å². The highest BCUT2D eigenvalue weighted by Gasteiger charge is 2.21. The number of aryl methyl sites for hydroxylation is 1. The molecule has 0 saturated heterocycles. The third-order valence-corrected chi connectivity index (χ3v) is 3.54. The van der Waals surface area contributed by atoms with Crippen molar-refractivity contribution in [3.8, 4) is 0 Å². The summed E-state index contributed by atoms with van der Waals surface area (Å²) in [5.41, 5.74) is -0.0905. The number of halogens is 1. The lowest BCUT2D eigenvalue weighted by atomic mass is 10.1. The number of rotatable bonds is 6. The van der Waals surface area contributed by atoms with Crippen molar-refractivity contribution in [3.05, 3.63) is 29.1 Å². The first-order valence-corrected chi connectivity index (χ1v) is 7.83. The average Bonchev–Trinajstić information content (AvgIpc) is 2.37. The second-order valence-electron chi connectivity index (χ2n) is 4.53. The van der Waals surface area contributed by atoms with Gasteiger partial charge in [-0.3, -0.25) is 0 Å². The van der Waals surface area contributed by atoms with E-state index in [0.29, 0.717) is 6.61 Å². The van der Waals surface area contributed by atoms with E-state index in [1.807, 2.05) is 0 Å². The molecular weight excluding hydrogens is 301 g/mol. The van der Waals surface area contributed by atoms with Crippen molar-refractivity contribution in [1.82, 2.24) is 0 Å². The Kier molecular flexibility index (Phi) is 5.82. The number of sulfonamides is 1. The van der Waals surface area contributed by atoms with E-state index < -0.39 is 32.8 Å². The van der Waals surface area contributed by atoms with Gasteiger partial charge < -0.3 is 9.47 Å². The van der Waals surface area contributed by atoms with Crippen molar-refractivity contribution in [2.45, 2.75) is 31.8 Å². The summed E-state index contributed by atoms with van der Waals surface area (Å²) in [6.45, 7) is 5.46. The molecule has 1 unspecified atom stereocenters. The summed E-state index contributed by atoms with van der Waals surface area (Å²) in [5, 5.41) is 4.92. The van der Waals surface area contributed by atoms with Crippen LogP contribution in [0.5, 0.6) is 0 Å².